The van der Waals surface area contributed by atoms with Crippen molar-refractivity contribution in [3.63, 3.8) is 0 Å². The van der Waals surface area contributed by atoms with E-state index in [0.717, 1.165) is 5.69 Å². The van der Waals surface area contributed by atoms with Gasteiger partial charge >= 0.3 is 0 Å². The summed E-state index contributed by atoms with van der Waals surface area (Å²) < 4.78 is 0. The van der Waals surface area contributed by atoms with E-state index in [0.29, 0.717) is 12.2 Å². The number of nitrogens with one attached hydrogen (secondary N) is 2. The molecule has 0 saturated heterocycles. The molecule has 0 unspecified atom stereocenters. The van der Waals surface area contributed by atoms with Gasteiger partial charge in [-0.2, -0.15) is 0 Å². The Morgan fingerprint density at radius 3 is 2.83 bits per heavy atom. The third-order valence-electron chi connectivity index (χ3n) is 3.48. The Kier molecular flexibility index (Phi) is 3.84. The summed E-state index contributed by atoms with van der Waals surface area (Å²) >= 11 is 0. The summed E-state index contributed by atoms with van der Waals surface area (Å²) in [5, 5.41) is 6.30. The molecule has 0 atom stereocenters. The first kappa shape index (κ1) is 12.9. The summed E-state index contributed by atoms with van der Waals surface area (Å²) in [6, 6.07) is 3.75. The van der Waals surface area contributed by atoms with Gasteiger partial charge in [-0.05, 0) is 38.8 Å². The van der Waals surface area contributed by atoms with Gasteiger partial charge in [0.25, 0.3) is 5.91 Å². The number of carbonyl (C=O) groups excluding carboxylic acids is 1. The number of carbonyl (C=O) groups is 1. The van der Waals surface area contributed by atoms with Crippen LogP contribution in [0.5, 0.6) is 0 Å². The summed E-state index contributed by atoms with van der Waals surface area (Å²) in [5.41, 5.74) is 1.62. The van der Waals surface area contributed by atoms with Crippen LogP contribution in [0.2, 0.25) is 0 Å². The number of amides is 1. The van der Waals surface area contributed by atoms with Crippen LogP contribution >= 0.6 is 0 Å². The van der Waals surface area contributed by atoms with Crippen LogP contribution in [0.25, 0.3) is 0 Å². The van der Waals surface area contributed by atoms with Gasteiger partial charge in [0.2, 0.25) is 0 Å². The monoisotopic (exact) mass is 247 g/mol. The molecule has 4 nitrogen and oxygen atoms in total. The minimum atomic E-state index is -0.113. The van der Waals surface area contributed by atoms with E-state index >= 15 is 0 Å². The predicted octanol–water partition coefficient (Wildman–Crippen LogP) is 2.58. The summed E-state index contributed by atoms with van der Waals surface area (Å²) in [6.45, 7) is 4.77. The second kappa shape index (κ2) is 5.38. The second-order valence-corrected chi connectivity index (χ2v) is 5.18. The lowest BCUT2D eigenvalue weighted by Crippen LogP contribution is -2.31. The van der Waals surface area contributed by atoms with E-state index in [4.69, 9.17) is 0 Å². The van der Waals surface area contributed by atoms with Crippen molar-refractivity contribution in [1.29, 1.82) is 0 Å². The zero-order valence-corrected chi connectivity index (χ0v) is 11.1. The molecule has 2 rings (SSSR count). The Labute approximate surface area is 108 Å². The molecule has 0 bridgehead atoms. The third-order valence-corrected chi connectivity index (χ3v) is 3.48. The zero-order chi connectivity index (χ0) is 13.0. The molecule has 1 aliphatic rings. The van der Waals surface area contributed by atoms with Gasteiger partial charge in [-0.15, -0.1) is 0 Å². The first-order valence-electron chi connectivity index (χ1n) is 6.65. The van der Waals surface area contributed by atoms with Crippen molar-refractivity contribution in [2.45, 2.75) is 45.1 Å². The Balaban J connectivity index is 2.09. The molecule has 98 valence electrons. The molecule has 1 saturated carbocycles. The summed E-state index contributed by atoms with van der Waals surface area (Å²) in [4.78, 5) is 15.8. The number of pyridine rings is 1. The molecular weight excluding hydrogens is 226 g/mol. The predicted molar refractivity (Wildman–Crippen MR) is 72.7 cm³/mol. The van der Waals surface area contributed by atoms with Crippen LogP contribution < -0.4 is 10.6 Å². The van der Waals surface area contributed by atoms with Gasteiger partial charge in [0.1, 0.15) is 5.69 Å². The van der Waals surface area contributed by atoms with Crippen LogP contribution in [0, 0.1) is 0 Å². The van der Waals surface area contributed by atoms with Crippen molar-refractivity contribution >= 4 is 11.6 Å². The molecule has 0 radical (unpaired) electrons. The van der Waals surface area contributed by atoms with Crippen LogP contribution in [0.15, 0.2) is 18.3 Å². The standard InChI is InChI=1S/C14H21N3O/c1-3-15-13(18)12-10-11(6-9-16-12)17-14(2)7-4-5-8-14/h6,9-10H,3-5,7-8H2,1-2H3,(H,15,18)(H,16,17). The van der Waals surface area contributed by atoms with Crippen LogP contribution in [0.1, 0.15) is 50.0 Å². The van der Waals surface area contributed by atoms with Crippen LogP contribution in [0.3, 0.4) is 0 Å². The molecule has 0 aromatic carbocycles. The maximum Gasteiger partial charge on any atom is 0.269 e. The Bertz CT molecular complexity index is 425. The van der Waals surface area contributed by atoms with E-state index in [9.17, 15) is 4.79 Å². The smallest absolute Gasteiger partial charge is 0.269 e. The molecule has 1 fully saturated rings. The van der Waals surface area contributed by atoms with E-state index in [1.54, 1.807) is 6.20 Å². The Hall–Kier alpha value is -1.58. The van der Waals surface area contributed by atoms with Gasteiger partial charge in [0, 0.05) is 24.0 Å². The quantitative estimate of drug-likeness (QED) is 0.859. The maximum absolute atomic E-state index is 11.7. The molecule has 1 heterocycles. The topological polar surface area (TPSA) is 54.0 Å². The molecule has 1 amide bonds. The number of hydrogen-bond acceptors (Lipinski definition) is 3. The molecular formula is C14H21N3O. The van der Waals surface area contributed by atoms with Crippen molar-refractivity contribution in [2.24, 2.45) is 0 Å². The minimum Gasteiger partial charge on any atom is -0.380 e. The number of anilines is 1. The number of hydrogen-bond donors (Lipinski definition) is 2. The summed E-state index contributed by atoms with van der Waals surface area (Å²) in [6.07, 6.45) is 6.61. The molecule has 1 aromatic rings. The average molecular weight is 247 g/mol. The van der Waals surface area contributed by atoms with Crippen molar-refractivity contribution in [3.05, 3.63) is 24.0 Å². The van der Waals surface area contributed by atoms with Gasteiger partial charge in [0.15, 0.2) is 0 Å². The van der Waals surface area contributed by atoms with E-state index in [2.05, 4.69) is 22.5 Å². The highest BCUT2D eigenvalue weighted by atomic mass is 16.1. The van der Waals surface area contributed by atoms with Gasteiger partial charge in [-0.25, -0.2) is 0 Å². The van der Waals surface area contributed by atoms with Crippen LogP contribution in [-0.4, -0.2) is 23.0 Å². The largest absolute Gasteiger partial charge is 0.380 e. The fourth-order valence-electron chi connectivity index (χ4n) is 2.51. The Morgan fingerprint density at radius 1 is 1.44 bits per heavy atom. The lowest BCUT2D eigenvalue weighted by atomic mass is 10.0. The minimum absolute atomic E-state index is 0.113. The van der Waals surface area contributed by atoms with Gasteiger partial charge in [0.05, 0.1) is 0 Å². The highest BCUT2D eigenvalue weighted by Gasteiger charge is 2.28. The molecule has 2 N–H and O–H groups in total. The number of aromatic nitrogens is 1. The van der Waals surface area contributed by atoms with E-state index in [1.807, 2.05) is 19.1 Å². The highest BCUT2D eigenvalue weighted by Crippen LogP contribution is 2.32. The molecule has 4 heteroatoms. The van der Waals surface area contributed by atoms with Crippen molar-refractivity contribution in [1.82, 2.24) is 10.3 Å². The SMILES string of the molecule is CCNC(=O)c1cc(NC2(C)CCCC2)ccn1. The van der Waals surface area contributed by atoms with Gasteiger partial charge in [-0.1, -0.05) is 12.8 Å². The van der Waals surface area contributed by atoms with E-state index in [-0.39, 0.29) is 11.4 Å². The number of nitrogens with zero attached hydrogens (tertiary/aromatic N) is 1. The lowest BCUT2D eigenvalue weighted by Gasteiger charge is -2.26. The zero-order valence-electron chi connectivity index (χ0n) is 11.1. The van der Waals surface area contributed by atoms with E-state index in [1.165, 1.54) is 25.7 Å². The van der Waals surface area contributed by atoms with Gasteiger partial charge in [-0.3, -0.25) is 9.78 Å². The first-order valence-corrected chi connectivity index (χ1v) is 6.65. The average Bonchev–Trinajstić information content (AvgIpc) is 2.76. The van der Waals surface area contributed by atoms with Crippen molar-refractivity contribution in [2.75, 3.05) is 11.9 Å². The highest BCUT2D eigenvalue weighted by molar-refractivity contribution is 5.93. The number of rotatable bonds is 4. The fourth-order valence-corrected chi connectivity index (χ4v) is 2.51. The molecule has 0 spiro atoms. The van der Waals surface area contributed by atoms with E-state index < -0.39 is 0 Å². The fraction of sp³-hybridized carbons (Fsp3) is 0.571. The summed E-state index contributed by atoms with van der Waals surface area (Å²) in [7, 11) is 0. The lowest BCUT2D eigenvalue weighted by molar-refractivity contribution is 0.0951. The van der Waals surface area contributed by atoms with Crippen LogP contribution in [0.4, 0.5) is 5.69 Å². The van der Waals surface area contributed by atoms with Crippen LogP contribution in [-0.2, 0) is 0 Å². The molecule has 0 aliphatic heterocycles. The van der Waals surface area contributed by atoms with Crippen molar-refractivity contribution < 1.29 is 4.79 Å². The Morgan fingerprint density at radius 2 is 2.17 bits per heavy atom. The third kappa shape index (κ3) is 3.00. The normalized spacial score (nSPS) is 17.4. The maximum atomic E-state index is 11.7. The summed E-state index contributed by atoms with van der Waals surface area (Å²) in [5.74, 6) is -0.113. The second-order valence-electron chi connectivity index (χ2n) is 5.18. The molecule has 18 heavy (non-hydrogen) atoms. The first-order chi connectivity index (χ1) is 8.63. The van der Waals surface area contributed by atoms with Crippen molar-refractivity contribution in [3.8, 4) is 0 Å². The molecule has 1 aliphatic carbocycles. The van der Waals surface area contributed by atoms with Gasteiger partial charge < -0.3 is 10.6 Å². The molecule has 1 aromatic heterocycles.